The molecule has 18 nitrogen and oxygen atoms in total. The normalized spacial score (nSPS) is 15.5. The van der Waals surface area contributed by atoms with Crippen LogP contribution in [0.25, 0.3) is 26.8 Å². The SMILES string of the molecule is Cc1ncsc1-c1ccc(CNC(=O)[C@@H]2C[C@@H](O)CN2C(=O)[C@@H](NC(=O)CCCCCCCCCC(=O)NCCCCC#Cc2cccc(-c3nn(-c4nc(C(=O)O)cs4)c(CC4CC4)c3Cc3ccc(S(N)(=O)=O)cc3)c2)C(C)(C)C)cc1. The maximum Gasteiger partial charge on any atom is 0.355 e. The zero-order valence-corrected chi connectivity index (χ0v) is 50.8. The molecule has 1 saturated carbocycles. The second-order valence-corrected chi connectivity index (χ2v) is 26.4. The van der Waals surface area contributed by atoms with E-state index in [-0.39, 0.29) is 60.1 Å². The summed E-state index contributed by atoms with van der Waals surface area (Å²) in [6.45, 7) is 8.46. The third kappa shape index (κ3) is 17.7. The topological polar surface area (TPSA) is 269 Å². The molecule has 6 aromatic rings. The van der Waals surface area contributed by atoms with E-state index in [1.807, 2.05) is 81.7 Å². The number of carboxylic acid groups (broad SMARTS) is 1. The van der Waals surface area contributed by atoms with Crippen molar-refractivity contribution >= 4 is 62.3 Å². The monoisotopic (exact) mass is 1200 g/mol. The fraction of sp³-hybridized carbons (Fsp3) is 0.460. The van der Waals surface area contributed by atoms with E-state index in [4.69, 9.17) is 10.2 Å². The van der Waals surface area contributed by atoms with Crippen LogP contribution in [0.2, 0.25) is 0 Å². The highest BCUT2D eigenvalue weighted by atomic mass is 32.2. The lowest BCUT2D eigenvalue weighted by Crippen LogP contribution is -2.57. The number of nitrogens with one attached hydrogen (secondary N) is 3. The maximum absolute atomic E-state index is 14.1. The number of aliphatic hydroxyl groups excluding tert-OH is 1. The predicted octanol–water partition coefficient (Wildman–Crippen LogP) is 9.27. The quantitative estimate of drug-likeness (QED) is 0.0198. The van der Waals surface area contributed by atoms with Crippen LogP contribution in [-0.4, -0.2) is 104 Å². The Morgan fingerprint density at radius 2 is 1.54 bits per heavy atom. The summed E-state index contributed by atoms with van der Waals surface area (Å²) in [5, 5.41) is 41.6. The Labute approximate surface area is 500 Å². The van der Waals surface area contributed by atoms with Crippen molar-refractivity contribution < 1.29 is 42.6 Å². The minimum atomic E-state index is -3.87. The molecule has 3 atom stereocenters. The number of rotatable bonds is 28. The first-order valence-electron chi connectivity index (χ1n) is 29.0. The average molecular weight is 1200 g/mol. The first-order valence-corrected chi connectivity index (χ1v) is 32.3. The van der Waals surface area contributed by atoms with Gasteiger partial charge < -0.3 is 31.1 Å². The molecule has 4 heterocycles. The number of sulfonamides is 1. The van der Waals surface area contributed by atoms with Crippen LogP contribution < -0.4 is 21.1 Å². The Morgan fingerprint density at radius 1 is 0.845 bits per heavy atom. The molecule has 8 rings (SSSR count). The number of unbranched alkanes of at least 4 members (excludes halogenated alkanes) is 8. The molecule has 7 N–H and O–H groups in total. The number of nitrogens with two attached hydrogens (primary N) is 1. The molecule has 21 heteroatoms. The molecule has 1 aliphatic carbocycles. The van der Waals surface area contributed by atoms with Gasteiger partial charge in [-0.25, -0.2) is 33.0 Å². The van der Waals surface area contributed by atoms with Crippen molar-refractivity contribution in [3.63, 3.8) is 0 Å². The summed E-state index contributed by atoms with van der Waals surface area (Å²) in [6, 6.07) is 20.5. The van der Waals surface area contributed by atoms with Crippen LogP contribution in [0, 0.1) is 30.1 Å². The van der Waals surface area contributed by atoms with Crippen LogP contribution in [0.3, 0.4) is 0 Å². The molecule has 2 fully saturated rings. The molecule has 3 aromatic carbocycles. The van der Waals surface area contributed by atoms with E-state index in [0.29, 0.717) is 49.0 Å². The minimum absolute atomic E-state index is 0.0136. The Kier molecular flexibility index (Phi) is 21.8. The second kappa shape index (κ2) is 29.1. The summed E-state index contributed by atoms with van der Waals surface area (Å²) in [7, 11) is -3.87. The highest BCUT2D eigenvalue weighted by molar-refractivity contribution is 7.89. The molecule has 1 saturated heterocycles. The molecule has 84 heavy (non-hydrogen) atoms. The third-order valence-corrected chi connectivity index (χ3v) is 18.0. The highest BCUT2D eigenvalue weighted by Crippen LogP contribution is 2.39. The number of amides is 4. The number of carboxylic acids is 1. The molecular weight excluding hydrogens is 1120 g/mol. The number of thiazole rings is 2. The summed E-state index contributed by atoms with van der Waals surface area (Å²) in [6.07, 6.45) is 11.8. The van der Waals surface area contributed by atoms with Crippen molar-refractivity contribution in [1.29, 1.82) is 0 Å². The van der Waals surface area contributed by atoms with E-state index in [1.54, 1.807) is 28.2 Å². The average Bonchev–Trinajstić information content (AvgIpc) is 2.80. The molecule has 3 aromatic heterocycles. The van der Waals surface area contributed by atoms with Crippen LogP contribution >= 0.6 is 22.7 Å². The molecule has 0 radical (unpaired) electrons. The van der Waals surface area contributed by atoms with Crippen molar-refractivity contribution in [3.05, 3.63) is 123 Å². The number of aliphatic hydroxyl groups is 1. The summed E-state index contributed by atoms with van der Waals surface area (Å²) in [5.41, 5.74) is 9.14. The number of hydrogen-bond donors (Lipinski definition) is 6. The fourth-order valence-electron chi connectivity index (χ4n) is 10.4. The number of aromatic nitrogens is 4. The van der Waals surface area contributed by atoms with Crippen LogP contribution in [0.5, 0.6) is 0 Å². The van der Waals surface area contributed by atoms with Gasteiger partial charge in [0.2, 0.25) is 38.8 Å². The Morgan fingerprint density at radius 3 is 2.18 bits per heavy atom. The van der Waals surface area contributed by atoms with Gasteiger partial charge in [-0.1, -0.05) is 113 Å². The lowest BCUT2D eigenvalue weighted by molar-refractivity contribution is -0.144. The number of benzene rings is 3. The standard InChI is InChI=1S/C63H77N9O9S3/c1-41-57(83-40-67-41)46-28-24-45(25-29-46)37-66-59(76)53-36-48(73)38-71(53)60(77)58(63(2,3)4)69-55(75)21-14-9-7-5-6-8-13-20-54(74)65-32-15-11-10-12-17-42-18-16-19-47(33-42)56-50(34-43-26-30-49(31-27-43)84(64,80)81)52(35-44-22-23-44)72(70-56)62-68-51(39-82-62)61(78)79/h16,18-19,24-31,33,39-40,44,48,53,58,73H,5-11,13-15,20-23,32,34-38H2,1-4H3,(H,65,74)(H,66,76)(H,69,75)(H,78,79)(H2,64,80,81)/t48-,53+,58-/m1/s1. The molecule has 0 bridgehead atoms. The van der Waals surface area contributed by atoms with Crippen molar-refractivity contribution in [1.82, 2.24) is 40.6 Å². The number of aromatic carboxylic acids is 1. The van der Waals surface area contributed by atoms with Gasteiger partial charge in [0.25, 0.3) is 0 Å². The van der Waals surface area contributed by atoms with Crippen molar-refractivity contribution in [2.75, 3.05) is 13.1 Å². The Hall–Kier alpha value is -7.09. The molecule has 2 aliphatic rings. The molecule has 4 amide bonds. The van der Waals surface area contributed by atoms with E-state index in [1.165, 1.54) is 33.7 Å². The van der Waals surface area contributed by atoms with Gasteiger partial charge in [-0.2, -0.15) is 5.10 Å². The van der Waals surface area contributed by atoms with Crippen LogP contribution in [0.15, 0.2) is 88.6 Å². The summed E-state index contributed by atoms with van der Waals surface area (Å²) in [5.74, 6) is 5.01. The van der Waals surface area contributed by atoms with Gasteiger partial charge in [-0.15, -0.1) is 22.7 Å². The van der Waals surface area contributed by atoms with Gasteiger partial charge in [0.05, 0.1) is 38.5 Å². The van der Waals surface area contributed by atoms with Crippen molar-refractivity contribution in [2.45, 2.75) is 166 Å². The van der Waals surface area contributed by atoms with Crippen LogP contribution in [-0.2, 0) is 48.6 Å². The zero-order chi connectivity index (χ0) is 60.0. The largest absolute Gasteiger partial charge is 0.476 e. The number of hydrogen-bond acceptors (Lipinski definition) is 13. The van der Waals surface area contributed by atoms with Gasteiger partial charge in [0.1, 0.15) is 12.1 Å². The van der Waals surface area contributed by atoms with E-state index < -0.39 is 39.6 Å². The van der Waals surface area contributed by atoms with Crippen molar-refractivity contribution in [2.24, 2.45) is 16.5 Å². The molecule has 0 unspecified atom stereocenters. The van der Waals surface area contributed by atoms with Gasteiger partial charge in [0.15, 0.2) is 5.69 Å². The molecule has 446 valence electrons. The number of carbonyl (C=O) groups excluding carboxylic acids is 4. The molecular formula is C63H77N9O9S3. The minimum Gasteiger partial charge on any atom is -0.476 e. The van der Waals surface area contributed by atoms with Gasteiger partial charge in [-0.3, -0.25) is 19.2 Å². The first kappa shape index (κ1) is 62.9. The summed E-state index contributed by atoms with van der Waals surface area (Å²) in [4.78, 5) is 76.4. The van der Waals surface area contributed by atoms with Crippen molar-refractivity contribution in [3.8, 4) is 38.7 Å². The van der Waals surface area contributed by atoms with Gasteiger partial charge in [0, 0.05) is 73.8 Å². The first-order chi connectivity index (χ1) is 40.2. The van der Waals surface area contributed by atoms with Crippen LogP contribution in [0.4, 0.5) is 0 Å². The number of likely N-dealkylation sites (tertiary alicyclic amines) is 1. The smallest absolute Gasteiger partial charge is 0.355 e. The van der Waals surface area contributed by atoms with Crippen LogP contribution in [0.1, 0.15) is 161 Å². The number of nitrogens with zero attached hydrogens (tertiary/aromatic N) is 5. The Balaban J connectivity index is 0.714. The van der Waals surface area contributed by atoms with Gasteiger partial charge in [-0.05, 0) is 104 Å². The fourth-order valence-corrected chi connectivity index (χ4v) is 12.5. The van der Waals surface area contributed by atoms with E-state index in [9.17, 15) is 42.6 Å². The summed E-state index contributed by atoms with van der Waals surface area (Å²) < 4.78 is 25.8. The summed E-state index contributed by atoms with van der Waals surface area (Å²) >= 11 is 2.79. The van der Waals surface area contributed by atoms with E-state index >= 15 is 0 Å². The maximum atomic E-state index is 14.1. The second-order valence-electron chi connectivity index (χ2n) is 23.1. The Bertz CT molecular complexity index is 3440. The third-order valence-electron chi connectivity index (χ3n) is 15.2. The zero-order valence-electron chi connectivity index (χ0n) is 48.3. The van der Waals surface area contributed by atoms with Gasteiger partial charge >= 0.3 is 5.97 Å². The van der Waals surface area contributed by atoms with E-state index in [0.717, 1.165) is 120 Å². The number of aryl methyl sites for hydroxylation is 1. The lowest BCUT2D eigenvalue weighted by atomic mass is 9.85. The number of β-amino-alcohol motifs (C(OH)–C–C–N with tert-alkyl or cyclic N) is 1. The predicted molar refractivity (Wildman–Crippen MR) is 326 cm³/mol. The number of carbonyl (C=O) groups is 5. The molecule has 0 spiro atoms. The lowest BCUT2D eigenvalue weighted by Gasteiger charge is -2.35. The van der Waals surface area contributed by atoms with E-state index in [2.05, 4.69) is 37.8 Å². The molecule has 1 aliphatic heterocycles. The number of primary sulfonamides is 1. The highest BCUT2D eigenvalue weighted by Gasteiger charge is 2.44.